The number of nitrogens with zero attached hydrogens (tertiary/aromatic N) is 2. The molecule has 0 spiro atoms. The molecular formula is C24H29N3O2. The highest BCUT2D eigenvalue weighted by Crippen LogP contribution is 2.24. The van der Waals surface area contributed by atoms with E-state index in [1.54, 1.807) is 4.90 Å². The highest BCUT2D eigenvalue weighted by molar-refractivity contribution is 5.96. The lowest BCUT2D eigenvalue weighted by atomic mass is 9.90. The Labute approximate surface area is 172 Å². The highest BCUT2D eigenvalue weighted by atomic mass is 16.2. The van der Waals surface area contributed by atoms with Crippen LogP contribution in [0.1, 0.15) is 30.4 Å². The van der Waals surface area contributed by atoms with Crippen LogP contribution in [0.2, 0.25) is 0 Å². The maximum Gasteiger partial charge on any atom is 0.317 e. The van der Waals surface area contributed by atoms with E-state index in [1.165, 1.54) is 11.1 Å². The number of likely N-dealkylation sites (tertiary alicyclic amines) is 1. The molecule has 29 heavy (non-hydrogen) atoms. The van der Waals surface area contributed by atoms with Gasteiger partial charge in [0.25, 0.3) is 0 Å². The van der Waals surface area contributed by atoms with Crippen LogP contribution >= 0.6 is 0 Å². The normalized spacial score (nSPS) is 20.2. The van der Waals surface area contributed by atoms with Gasteiger partial charge in [-0.25, -0.2) is 4.79 Å². The van der Waals surface area contributed by atoms with Crippen LogP contribution in [0.5, 0.6) is 0 Å². The van der Waals surface area contributed by atoms with Gasteiger partial charge in [-0.15, -0.1) is 0 Å². The van der Waals surface area contributed by atoms with E-state index < -0.39 is 0 Å². The molecule has 3 amide bonds. The van der Waals surface area contributed by atoms with Gasteiger partial charge in [-0.3, -0.25) is 4.79 Å². The number of benzene rings is 2. The van der Waals surface area contributed by atoms with Crippen molar-refractivity contribution in [3.05, 3.63) is 65.7 Å². The number of hydrogen-bond acceptors (Lipinski definition) is 2. The van der Waals surface area contributed by atoms with Gasteiger partial charge in [0.15, 0.2) is 0 Å². The molecule has 4 rings (SSSR count). The molecule has 0 bridgehead atoms. The number of piperidine rings is 1. The largest absolute Gasteiger partial charge is 0.333 e. The van der Waals surface area contributed by atoms with Gasteiger partial charge in [0.05, 0.1) is 6.04 Å². The van der Waals surface area contributed by atoms with Crippen molar-refractivity contribution < 1.29 is 9.59 Å². The van der Waals surface area contributed by atoms with Gasteiger partial charge < -0.3 is 15.1 Å². The molecule has 2 saturated heterocycles. The molecule has 5 nitrogen and oxygen atoms in total. The van der Waals surface area contributed by atoms with Crippen molar-refractivity contribution in [1.82, 2.24) is 10.2 Å². The first kappa shape index (κ1) is 19.5. The quantitative estimate of drug-likeness (QED) is 0.863. The van der Waals surface area contributed by atoms with Gasteiger partial charge >= 0.3 is 6.03 Å². The van der Waals surface area contributed by atoms with Crippen molar-refractivity contribution in [2.75, 3.05) is 24.5 Å². The number of urea groups is 1. The van der Waals surface area contributed by atoms with Gasteiger partial charge in [0, 0.05) is 31.7 Å². The summed E-state index contributed by atoms with van der Waals surface area (Å²) >= 11 is 0. The fourth-order valence-corrected chi connectivity index (χ4v) is 4.33. The predicted molar refractivity (Wildman–Crippen MR) is 115 cm³/mol. The third kappa shape index (κ3) is 4.78. The summed E-state index contributed by atoms with van der Waals surface area (Å²) in [6.45, 7) is 4.14. The molecule has 2 aliphatic heterocycles. The Hall–Kier alpha value is -2.82. The van der Waals surface area contributed by atoms with Gasteiger partial charge in [0.1, 0.15) is 0 Å². The van der Waals surface area contributed by atoms with Crippen molar-refractivity contribution in [2.45, 2.75) is 38.6 Å². The minimum absolute atomic E-state index is 0.0354. The SMILES string of the molecule is Cc1ccc(N2C[C@@H](NC(=O)N3CCC(Cc4ccccc4)CC3)CC2=O)cc1. The molecule has 152 valence electrons. The molecule has 1 atom stereocenters. The van der Waals surface area contributed by atoms with Crippen LogP contribution in [0.4, 0.5) is 10.5 Å². The van der Waals surface area contributed by atoms with E-state index in [4.69, 9.17) is 0 Å². The zero-order chi connectivity index (χ0) is 20.2. The Morgan fingerprint density at radius 3 is 2.41 bits per heavy atom. The molecule has 2 fully saturated rings. The van der Waals surface area contributed by atoms with Crippen LogP contribution in [0, 0.1) is 12.8 Å². The smallest absolute Gasteiger partial charge is 0.317 e. The zero-order valence-electron chi connectivity index (χ0n) is 17.0. The molecule has 1 N–H and O–H groups in total. The maximum atomic E-state index is 12.7. The van der Waals surface area contributed by atoms with Crippen molar-refractivity contribution in [1.29, 1.82) is 0 Å². The summed E-state index contributed by atoms with van der Waals surface area (Å²) in [6, 6.07) is 18.4. The molecule has 2 heterocycles. The van der Waals surface area contributed by atoms with Gasteiger partial charge in [-0.1, -0.05) is 48.0 Å². The minimum Gasteiger partial charge on any atom is -0.333 e. The summed E-state index contributed by atoms with van der Waals surface area (Å²) in [5.41, 5.74) is 3.44. The van der Waals surface area contributed by atoms with Crippen LogP contribution in [0.3, 0.4) is 0 Å². The van der Waals surface area contributed by atoms with E-state index in [1.807, 2.05) is 42.2 Å². The van der Waals surface area contributed by atoms with Crippen molar-refractivity contribution in [2.24, 2.45) is 5.92 Å². The average Bonchev–Trinajstić information content (AvgIpc) is 3.10. The number of aryl methyl sites for hydroxylation is 1. The second kappa shape index (κ2) is 8.68. The number of nitrogens with one attached hydrogen (secondary N) is 1. The van der Waals surface area contributed by atoms with E-state index in [2.05, 4.69) is 29.6 Å². The highest BCUT2D eigenvalue weighted by Gasteiger charge is 2.33. The topological polar surface area (TPSA) is 52.7 Å². The first-order chi connectivity index (χ1) is 14.1. The van der Waals surface area contributed by atoms with Gasteiger partial charge in [-0.2, -0.15) is 0 Å². The molecule has 0 unspecified atom stereocenters. The summed E-state index contributed by atoms with van der Waals surface area (Å²) in [7, 11) is 0. The molecule has 0 saturated carbocycles. The molecule has 2 aliphatic rings. The second-order valence-corrected chi connectivity index (χ2v) is 8.31. The average molecular weight is 392 g/mol. The van der Waals surface area contributed by atoms with Crippen LogP contribution < -0.4 is 10.2 Å². The van der Waals surface area contributed by atoms with E-state index in [9.17, 15) is 9.59 Å². The molecule has 2 aromatic rings. The standard InChI is InChI=1S/C24H29N3O2/c1-18-7-9-22(10-8-18)27-17-21(16-23(27)28)25-24(29)26-13-11-20(12-14-26)15-19-5-3-2-4-6-19/h2-10,20-21H,11-17H2,1H3,(H,25,29)/t21-/m0/s1. The fourth-order valence-electron chi connectivity index (χ4n) is 4.33. The van der Waals surface area contributed by atoms with Crippen molar-refractivity contribution in [3.63, 3.8) is 0 Å². The van der Waals surface area contributed by atoms with E-state index in [0.717, 1.165) is 38.0 Å². The van der Waals surface area contributed by atoms with E-state index >= 15 is 0 Å². The summed E-state index contributed by atoms with van der Waals surface area (Å²) in [4.78, 5) is 28.8. The lowest BCUT2D eigenvalue weighted by Gasteiger charge is -2.33. The third-order valence-corrected chi connectivity index (χ3v) is 6.07. The van der Waals surface area contributed by atoms with Crippen molar-refractivity contribution >= 4 is 17.6 Å². The zero-order valence-corrected chi connectivity index (χ0v) is 17.0. The van der Waals surface area contributed by atoms with Crippen LogP contribution in [0.15, 0.2) is 54.6 Å². The Kier molecular flexibility index (Phi) is 5.84. The summed E-state index contributed by atoms with van der Waals surface area (Å²) in [5, 5.41) is 3.08. The molecule has 0 radical (unpaired) electrons. The van der Waals surface area contributed by atoms with Gasteiger partial charge in [0.2, 0.25) is 5.91 Å². The number of amides is 3. The van der Waals surface area contributed by atoms with Crippen LogP contribution in [0.25, 0.3) is 0 Å². The first-order valence-electron chi connectivity index (χ1n) is 10.5. The van der Waals surface area contributed by atoms with E-state index in [0.29, 0.717) is 18.9 Å². The fraction of sp³-hybridized carbons (Fsp3) is 0.417. The van der Waals surface area contributed by atoms with Crippen LogP contribution in [-0.4, -0.2) is 42.5 Å². The Bertz CT molecular complexity index is 842. The molecule has 2 aromatic carbocycles. The Morgan fingerprint density at radius 2 is 1.72 bits per heavy atom. The predicted octanol–water partition coefficient (Wildman–Crippen LogP) is 3.76. The van der Waals surface area contributed by atoms with Crippen LogP contribution in [-0.2, 0) is 11.2 Å². The number of hydrogen-bond donors (Lipinski definition) is 1. The molecule has 0 aromatic heterocycles. The second-order valence-electron chi connectivity index (χ2n) is 8.31. The number of carbonyl (C=O) groups excluding carboxylic acids is 2. The number of rotatable bonds is 4. The molecule has 5 heteroatoms. The monoisotopic (exact) mass is 391 g/mol. The number of carbonyl (C=O) groups is 2. The lowest BCUT2D eigenvalue weighted by molar-refractivity contribution is -0.117. The summed E-state index contributed by atoms with van der Waals surface area (Å²) in [5.74, 6) is 0.701. The number of anilines is 1. The minimum atomic E-state index is -0.127. The molecular weight excluding hydrogens is 362 g/mol. The van der Waals surface area contributed by atoms with E-state index in [-0.39, 0.29) is 18.0 Å². The first-order valence-corrected chi connectivity index (χ1v) is 10.5. The lowest BCUT2D eigenvalue weighted by Crippen LogP contribution is -2.48. The summed E-state index contributed by atoms with van der Waals surface area (Å²) < 4.78 is 0. The Balaban J connectivity index is 1.26. The third-order valence-electron chi connectivity index (χ3n) is 6.07. The maximum absolute atomic E-state index is 12.7. The van der Waals surface area contributed by atoms with Crippen molar-refractivity contribution in [3.8, 4) is 0 Å². The summed E-state index contributed by atoms with van der Waals surface area (Å²) in [6.07, 6.45) is 3.51. The van der Waals surface area contributed by atoms with Gasteiger partial charge in [-0.05, 0) is 49.8 Å². The molecule has 0 aliphatic carbocycles. The Morgan fingerprint density at radius 1 is 1.03 bits per heavy atom.